The first kappa shape index (κ1) is 18.3. The van der Waals surface area contributed by atoms with Crippen LogP contribution in [0.4, 0.5) is 5.69 Å². The quantitative estimate of drug-likeness (QED) is 0.631. The van der Waals surface area contributed by atoms with Crippen LogP contribution in [-0.2, 0) is 10.0 Å². The maximum atomic E-state index is 13.2. The minimum atomic E-state index is -4.06. The van der Waals surface area contributed by atoms with Gasteiger partial charge in [0.05, 0.1) is 18.1 Å². The molecule has 0 aromatic heterocycles. The molecular weight excluding hydrogens is 358 g/mol. The Bertz CT molecular complexity index is 916. The van der Waals surface area contributed by atoms with Gasteiger partial charge in [-0.25, -0.2) is 8.42 Å². The molecule has 26 heavy (non-hydrogen) atoms. The fraction of sp³-hybridized carbons (Fsp3) is 0.294. The number of sulfonamides is 1. The van der Waals surface area contributed by atoms with Crippen LogP contribution in [0.1, 0.15) is 11.6 Å². The number of nitrogens with zero attached hydrogens (tertiary/aromatic N) is 2. The number of hydrogen-bond donors (Lipinski definition) is 1. The van der Waals surface area contributed by atoms with Crippen LogP contribution in [-0.4, -0.2) is 44.4 Å². The number of nitrogens with one attached hydrogen (secondary N) is 1. The van der Waals surface area contributed by atoms with Gasteiger partial charge >= 0.3 is 0 Å². The predicted molar refractivity (Wildman–Crippen MR) is 95.6 cm³/mol. The second-order valence-electron chi connectivity index (χ2n) is 5.80. The molecule has 1 heterocycles. The van der Waals surface area contributed by atoms with Crippen LogP contribution in [0.2, 0.25) is 0 Å². The lowest BCUT2D eigenvalue weighted by atomic mass is 10.0. The molecule has 0 radical (unpaired) electrons. The highest BCUT2D eigenvalue weighted by Crippen LogP contribution is 2.36. The summed E-state index contributed by atoms with van der Waals surface area (Å²) in [6.07, 6.45) is 0. The molecule has 0 spiro atoms. The van der Waals surface area contributed by atoms with Crippen LogP contribution >= 0.6 is 0 Å². The lowest BCUT2D eigenvalue weighted by Gasteiger charge is -2.35. The summed E-state index contributed by atoms with van der Waals surface area (Å²) in [4.78, 5) is 10.3. The highest BCUT2D eigenvalue weighted by Gasteiger charge is 2.38. The predicted octanol–water partition coefficient (Wildman–Crippen LogP) is 1.94. The van der Waals surface area contributed by atoms with E-state index < -0.39 is 26.7 Å². The van der Waals surface area contributed by atoms with Gasteiger partial charge < -0.3 is 10.1 Å². The zero-order valence-electron chi connectivity index (χ0n) is 14.2. The Balaban J connectivity index is 2.09. The first-order valence-electron chi connectivity index (χ1n) is 8.05. The number of methoxy groups -OCH3 is 1. The average molecular weight is 377 g/mol. The number of para-hydroxylation sites is 2. The van der Waals surface area contributed by atoms with Gasteiger partial charge in [-0.2, -0.15) is 4.31 Å². The molecule has 1 N–H and O–H groups in total. The topological polar surface area (TPSA) is 102 Å². The molecule has 1 aliphatic rings. The number of nitro benzene ring substituents is 1. The largest absolute Gasteiger partial charge is 0.496 e. The van der Waals surface area contributed by atoms with Gasteiger partial charge in [-0.3, -0.25) is 10.1 Å². The summed E-state index contributed by atoms with van der Waals surface area (Å²) in [5, 5.41) is 14.5. The summed E-state index contributed by atoms with van der Waals surface area (Å²) >= 11 is 0. The molecule has 2 aromatic rings. The molecule has 9 heteroatoms. The molecule has 0 saturated carbocycles. The van der Waals surface area contributed by atoms with Gasteiger partial charge in [0.2, 0.25) is 0 Å². The highest BCUT2D eigenvalue weighted by atomic mass is 32.2. The van der Waals surface area contributed by atoms with Crippen LogP contribution in [0.25, 0.3) is 0 Å². The van der Waals surface area contributed by atoms with Crippen LogP contribution in [0.5, 0.6) is 5.75 Å². The molecule has 1 unspecified atom stereocenters. The van der Waals surface area contributed by atoms with Crippen LogP contribution in [0.3, 0.4) is 0 Å². The number of nitro groups is 1. The fourth-order valence-corrected chi connectivity index (χ4v) is 4.90. The van der Waals surface area contributed by atoms with Gasteiger partial charge in [-0.1, -0.05) is 30.3 Å². The van der Waals surface area contributed by atoms with Crippen molar-refractivity contribution in [1.29, 1.82) is 0 Å². The van der Waals surface area contributed by atoms with Crippen molar-refractivity contribution in [3.63, 3.8) is 0 Å². The Morgan fingerprint density at radius 1 is 1.19 bits per heavy atom. The van der Waals surface area contributed by atoms with Crippen molar-refractivity contribution in [1.82, 2.24) is 9.62 Å². The third-order valence-electron chi connectivity index (χ3n) is 4.34. The van der Waals surface area contributed by atoms with E-state index in [1.54, 1.807) is 18.2 Å². The van der Waals surface area contributed by atoms with Crippen molar-refractivity contribution in [2.75, 3.05) is 26.7 Å². The van der Waals surface area contributed by atoms with E-state index >= 15 is 0 Å². The summed E-state index contributed by atoms with van der Waals surface area (Å²) in [6, 6.07) is 12.1. The molecule has 1 saturated heterocycles. The molecule has 0 amide bonds. The van der Waals surface area contributed by atoms with Crippen molar-refractivity contribution in [3.05, 3.63) is 64.2 Å². The zero-order valence-corrected chi connectivity index (χ0v) is 15.0. The van der Waals surface area contributed by atoms with E-state index in [1.807, 2.05) is 6.07 Å². The zero-order chi connectivity index (χ0) is 18.7. The van der Waals surface area contributed by atoms with Gasteiger partial charge in [-0.15, -0.1) is 0 Å². The van der Waals surface area contributed by atoms with Gasteiger partial charge in [0, 0.05) is 31.3 Å². The second-order valence-corrected chi connectivity index (χ2v) is 7.66. The molecule has 1 atom stereocenters. The average Bonchev–Trinajstić information content (AvgIpc) is 2.68. The summed E-state index contributed by atoms with van der Waals surface area (Å²) in [5.74, 6) is 0.573. The smallest absolute Gasteiger partial charge is 0.289 e. The third-order valence-corrected chi connectivity index (χ3v) is 6.30. The maximum absolute atomic E-state index is 13.2. The first-order chi connectivity index (χ1) is 12.5. The Morgan fingerprint density at radius 2 is 1.88 bits per heavy atom. The van der Waals surface area contributed by atoms with E-state index in [-0.39, 0.29) is 11.4 Å². The van der Waals surface area contributed by atoms with E-state index in [0.717, 1.165) is 0 Å². The number of hydrogen-bond acceptors (Lipinski definition) is 6. The summed E-state index contributed by atoms with van der Waals surface area (Å²) in [5.41, 5.74) is 0.286. The Labute approximate surface area is 151 Å². The van der Waals surface area contributed by atoms with E-state index in [4.69, 9.17) is 4.74 Å². The number of benzene rings is 2. The fourth-order valence-electron chi connectivity index (χ4n) is 3.13. The standard InChI is InChI=1S/C17H19N3O5S/c1-25-16-8-4-2-6-13(16)15-12-18-10-11-19(15)26(23,24)17-9-5-3-7-14(17)20(21)22/h2-9,15,18H,10-12H2,1H3. The molecule has 1 aliphatic heterocycles. The number of rotatable bonds is 5. The SMILES string of the molecule is COc1ccccc1C1CNCCN1S(=O)(=O)c1ccccc1[N+](=O)[O-]. The molecule has 0 bridgehead atoms. The molecule has 2 aromatic carbocycles. The van der Waals surface area contributed by atoms with Crippen molar-refractivity contribution in [2.24, 2.45) is 0 Å². The van der Waals surface area contributed by atoms with Gasteiger partial charge in [-0.05, 0) is 12.1 Å². The van der Waals surface area contributed by atoms with Gasteiger partial charge in [0.1, 0.15) is 5.75 Å². The minimum Gasteiger partial charge on any atom is -0.496 e. The van der Waals surface area contributed by atoms with Crippen LogP contribution in [0, 0.1) is 10.1 Å². The molecule has 3 rings (SSSR count). The molecule has 138 valence electrons. The molecular formula is C17H19N3O5S. The van der Waals surface area contributed by atoms with Crippen molar-refractivity contribution < 1.29 is 18.1 Å². The van der Waals surface area contributed by atoms with E-state index in [1.165, 1.54) is 35.7 Å². The van der Waals surface area contributed by atoms with Gasteiger partial charge in [0.25, 0.3) is 15.7 Å². The van der Waals surface area contributed by atoms with E-state index in [2.05, 4.69) is 5.32 Å². The lowest BCUT2D eigenvalue weighted by molar-refractivity contribution is -0.387. The maximum Gasteiger partial charge on any atom is 0.289 e. The normalized spacial score (nSPS) is 18.4. The molecule has 0 aliphatic carbocycles. The molecule has 1 fully saturated rings. The Morgan fingerprint density at radius 3 is 2.62 bits per heavy atom. The van der Waals surface area contributed by atoms with Crippen molar-refractivity contribution in [3.8, 4) is 5.75 Å². The van der Waals surface area contributed by atoms with E-state index in [9.17, 15) is 18.5 Å². The third kappa shape index (κ3) is 3.28. The number of piperazine rings is 1. The van der Waals surface area contributed by atoms with Crippen LogP contribution in [0.15, 0.2) is 53.4 Å². The van der Waals surface area contributed by atoms with Crippen LogP contribution < -0.4 is 10.1 Å². The summed E-state index contributed by atoms with van der Waals surface area (Å²) in [7, 11) is -2.54. The summed E-state index contributed by atoms with van der Waals surface area (Å²) < 4.78 is 33.2. The van der Waals surface area contributed by atoms with E-state index in [0.29, 0.717) is 24.4 Å². The monoisotopic (exact) mass is 377 g/mol. The Kier molecular flexibility index (Phi) is 5.21. The van der Waals surface area contributed by atoms with Crippen molar-refractivity contribution in [2.45, 2.75) is 10.9 Å². The highest BCUT2D eigenvalue weighted by molar-refractivity contribution is 7.89. The second kappa shape index (κ2) is 7.40. The number of ether oxygens (including phenoxy) is 1. The Hall–Kier alpha value is -2.49. The van der Waals surface area contributed by atoms with Crippen molar-refractivity contribution >= 4 is 15.7 Å². The first-order valence-corrected chi connectivity index (χ1v) is 9.49. The lowest BCUT2D eigenvalue weighted by Crippen LogP contribution is -2.48. The molecule has 8 nitrogen and oxygen atoms in total. The van der Waals surface area contributed by atoms with Gasteiger partial charge in [0.15, 0.2) is 4.90 Å². The minimum absolute atomic E-state index is 0.205. The summed E-state index contributed by atoms with van der Waals surface area (Å²) in [6.45, 7) is 1.06.